The largest absolute Gasteiger partial charge is 0.351 e. The summed E-state index contributed by atoms with van der Waals surface area (Å²) in [5, 5.41) is 6.97. The van der Waals surface area contributed by atoms with Gasteiger partial charge >= 0.3 is 0 Å². The lowest BCUT2D eigenvalue weighted by molar-refractivity contribution is 0.0583. The zero-order chi connectivity index (χ0) is 18.1. The van der Waals surface area contributed by atoms with Crippen molar-refractivity contribution in [2.75, 3.05) is 26.2 Å². The van der Waals surface area contributed by atoms with E-state index in [1.165, 1.54) is 16.7 Å². The van der Waals surface area contributed by atoms with Gasteiger partial charge in [0.05, 0.1) is 0 Å². The SMILES string of the molecule is C=C(C)c1ccc(C2(N3CCNCC3)N=CC=CN2)cc1C(C)(C)C.Cl.Cl. The molecule has 150 valence electrons. The minimum absolute atomic E-state index is 0. The van der Waals surface area contributed by atoms with Crippen LogP contribution in [0.15, 0.2) is 42.0 Å². The van der Waals surface area contributed by atoms with Crippen molar-refractivity contribution in [1.29, 1.82) is 0 Å². The molecule has 0 saturated carbocycles. The molecule has 0 aliphatic carbocycles. The first-order valence-corrected chi connectivity index (χ1v) is 9.09. The Kier molecular flexibility index (Phi) is 8.12. The molecular formula is C21H32Cl2N4. The van der Waals surface area contributed by atoms with E-state index < -0.39 is 5.79 Å². The second-order valence-corrected chi connectivity index (χ2v) is 7.98. The number of halogens is 2. The van der Waals surface area contributed by atoms with Crippen LogP contribution in [-0.4, -0.2) is 37.3 Å². The molecular weight excluding hydrogens is 379 g/mol. The molecule has 1 aromatic carbocycles. The van der Waals surface area contributed by atoms with Crippen LogP contribution in [-0.2, 0) is 11.2 Å². The average molecular weight is 411 g/mol. The van der Waals surface area contributed by atoms with Crippen LogP contribution in [0.4, 0.5) is 0 Å². The predicted octanol–water partition coefficient (Wildman–Crippen LogP) is 4.06. The monoisotopic (exact) mass is 410 g/mol. The summed E-state index contributed by atoms with van der Waals surface area (Å²) in [7, 11) is 0. The first-order chi connectivity index (χ1) is 11.8. The van der Waals surface area contributed by atoms with Crippen molar-refractivity contribution in [2.45, 2.75) is 38.9 Å². The van der Waals surface area contributed by atoms with Crippen LogP contribution in [0.3, 0.4) is 0 Å². The fourth-order valence-corrected chi connectivity index (χ4v) is 3.65. The summed E-state index contributed by atoms with van der Waals surface area (Å²) in [4.78, 5) is 7.33. The lowest BCUT2D eigenvalue weighted by Gasteiger charge is -2.44. The number of nitrogens with one attached hydrogen (secondary N) is 2. The fourth-order valence-electron chi connectivity index (χ4n) is 3.65. The van der Waals surface area contributed by atoms with Gasteiger partial charge in [-0.05, 0) is 35.6 Å². The van der Waals surface area contributed by atoms with E-state index in [-0.39, 0.29) is 30.2 Å². The zero-order valence-corrected chi connectivity index (χ0v) is 18.3. The van der Waals surface area contributed by atoms with Crippen LogP contribution >= 0.6 is 24.8 Å². The Balaban J connectivity index is 0.00000182. The molecule has 2 aliphatic heterocycles. The lowest BCUT2D eigenvalue weighted by atomic mass is 9.80. The second kappa shape index (κ2) is 9.24. The zero-order valence-electron chi connectivity index (χ0n) is 16.7. The molecule has 2 N–H and O–H groups in total. The number of piperazine rings is 1. The maximum Gasteiger partial charge on any atom is 0.213 e. The van der Waals surface area contributed by atoms with Crippen LogP contribution in [0.5, 0.6) is 0 Å². The molecule has 3 rings (SSSR count). The van der Waals surface area contributed by atoms with Crippen LogP contribution in [0.25, 0.3) is 5.57 Å². The molecule has 1 unspecified atom stereocenters. The molecule has 1 fully saturated rings. The van der Waals surface area contributed by atoms with Gasteiger partial charge in [0.1, 0.15) is 0 Å². The molecule has 1 atom stereocenters. The van der Waals surface area contributed by atoms with Gasteiger partial charge in [0.2, 0.25) is 5.79 Å². The molecule has 6 heteroatoms. The maximum absolute atomic E-state index is 4.91. The normalized spacial score (nSPS) is 22.4. The van der Waals surface area contributed by atoms with E-state index in [9.17, 15) is 0 Å². The highest BCUT2D eigenvalue weighted by molar-refractivity contribution is 5.85. The Morgan fingerprint density at radius 2 is 1.85 bits per heavy atom. The van der Waals surface area contributed by atoms with Gasteiger partial charge in [-0.3, -0.25) is 4.90 Å². The Bertz CT molecular complexity index is 715. The summed E-state index contributed by atoms with van der Waals surface area (Å²) in [5.41, 5.74) is 4.89. The number of hydrogen-bond acceptors (Lipinski definition) is 4. The summed E-state index contributed by atoms with van der Waals surface area (Å²) in [6, 6.07) is 6.72. The van der Waals surface area contributed by atoms with E-state index in [2.05, 4.69) is 68.0 Å². The Hall–Kier alpha value is -1.33. The molecule has 4 nitrogen and oxygen atoms in total. The van der Waals surface area contributed by atoms with Crippen molar-refractivity contribution >= 4 is 36.6 Å². The van der Waals surface area contributed by atoms with Gasteiger partial charge in [-0.1, -0.05) is 45.1 Å². The van der Waals surface area contributed by atoms with Gasteiger partial charge in [0.15, 0.2) is 0 Å². The standard InChI is InChI=1S/C21H30N4.2ClH/c1-16(2)18-8-7-17(15-19(18)20(3,4)5)21(23-9-6-10-24-21)25-13-11-22-12-14-25;;/h6-10,15,22-23H,1,11-14H2,2-5H3;2*1H. The first kappa shape index (κ1) is 23.7. The average Bonchev–Trinajstić information content (AvgIpc) is 2.62. The minimum atomic E-state index is -0.523. The van der Waals surface area contributed by atoms with Crippen molar-refractivity contribution in [3.63, 3.8) is 0 Å². The number of nitrogens with zero attached hydrogens (tertiary/aromatic N) is 2. The van der Waals surface area contributed by atoms with Crippen molar-refractivity contribution in [3.05, 3.63) is 53.7 Å². The molecule has 0 bridgehead atoms. The van der Waals surface area contributed by atoms with Crippen LogP contribution in [0, 0.1) is 0 Å². The quantitative estimate of drug-likeness (QED) is 0.788. The highest BCUT2D eigenvalue weighted by Gasteiger charge is 2.39. The first-order valence-electron chi connectivity index (χ1n) is 9.09. The third kappa shape index (κ3) is 4.75. The Morgan fingerprint density at radius 1 is 1.19 bits per heavy atom. The highest BCUT2D eigenvalue weighted by Crippen LogP contribution is 2.36. The minimum Gasteiger partial charge on any atom is -0.351 e. The topological polar surface area (TPSA) is 39.7 Å². The molecule has 0 spiro atoms. The van der Waals surface area contributed by atoms with Crippen molar-refractivity contribution in [3.8, 4) is 0 Å². The third-order valence-corrected chi connectivity index (χ3v) is 4.99. The molecule has 2 heterocycles. The van der Waals surface area contributed by atoms with E-state index in [4.69, 9.17) is 4.99 Å². The number of allylic oxidation sites excluding steroid dienone is 2. The summed E-state index contributed by atoms with van der Waals surface area (Å²) in [6.45, 7) is 16.9. The van der Waals surface area contributed by atoms with E-state index in [1.54, 1.807) is 0 Å². The van der Waals surface area contributed by atoms with Crippen LogP contribution < -0.4 is 10.6 Å². The predicted molar refractivity (Wildman–Crippen MR) is 121 cm³/mol. The summed E-state index contributed by atoms with van der Waals surface area (Å²) in [6.07, 6.45) is 5.85. The second-order valence-electron chi connectivity index (χ2n) is 7.98. The number of aliphatic imine (C=N–C) groups is 1. The fraction of sp³-hybridized carbons (Fsp3) is 0.476. The molecule has 0 radical (unpaired) electrons. The van der Waals surface area contributed by atoms with Crippen LogP contribution in [0.2, 0.25) is 0 Å². The number of hydrogen-bond donors (Lipinski definition) is 2. The van der Waals surface area contributed by atoms with E-state index in [1.807, 2.05) is 18.5 Å². The Morgan fingerprint density at radius 3 is 2.37 bits per heavy atom. The van der Waals surface area contributed by atoms with Gasteiger partial charge in [0.25, 0.3) is 0 Å². The summed E-state index contributed by atoms with van der Waals surface area (Å²) < 4.78 is 0. The Labute approximate surface area is 176 Å². The van der Waals surface area contributed by atoms with Crippen molar-refractivity contribution in [1.82, 2.24) is 15.5 Å². The van der Waals surface area contributed by atoms with Crippen molar-refractivity contribution < 1.29 is 0 Å². The smallest absolute Gasteiger partial charge is 0.213 e. The molecule has 1 saturated heterocycles. The highest BCUT2D eigenvalue weighted by atomic mass is 35.5. The summed E-state index contributed by atoms with van der Waals surface area (Å²) >= 11 is 0. The number of benzene rings is 1. The van der Waals surface area contributed by atoms with E-state index >= 15 is 0 Å². The molecule has 0 aromatic heterocycles. The van der Waals surface area contributed by atoms with Gasteiger partial charge in [-0.2, -0.15) is 0 Å². The van der Waals surface area contributed by atoms with Crippen LogP contribution in [0.1, 0.15) is 44.4 Å². The molecule has 1 aromatic rings. The molecule has 27 heavy (non-hydrogen) atoms. The van der Waals surface area contributed by atoms with E-state index in [0.29, 0.717) is 0 Å². The summed E-state index contributed by atoms with van der Waals surface area (Å²) in [5.74, 6) is -0.523. The lowest BCUT2D eigenvalue weighted by Crippen LogP contribution is -2.59. The van der Waals surface area contributed by atoms with E-state index in [0.717, 1.165) is 31.8 Å². The molecule has 0 amide bonds. The van der Waals surface area contributed by atoms with Gasteiger partial charge in [0, 0.05) is 44.2 Å². The number of rotatable bonds is 3. The van der Waals surface area contributed by atoms with Gasteiger partial charge in [-0.25, -0.2) is 4.99 Å². The van der Waals surface area contributed by atoms with Gasteiger partial charge in [-0.15, -0.1) is 24.8 Å². The molecule has 2 aliphatic rings. The maximum atomic E-state index is 4.91. The van der Waals surface area contributed by atoms with Gasteiger partial charge < -0.3 is 10.6 Å². The van der Waals surface area contributed by atoms with Crippen molar-refractivity contribution in [2.24, 2.45) is 4.99 Å². The third-order valence-electron chi connectivity index (χ3n) is 4.99.